The van der Waals surface area contributed by atoms with Gasteiger partial charge in [-0.15, -0.1) is 0 Å². The van der Waals surface area contributed by atoms with Gasteiger partial charge in [-0.25, -0.2) is 0 Å². The molecule has 4 atom stereocenters. The summed E-state index contributed by atoms with van der Waals surface area (Å²) in [6.45, 7) is 5.77. The summed E-state index contributed by atoms with van der Waals surface area (Å²) in [7, 11) is -0.813. The van der Waals surface area contributed by atoms with Gasteiger partial charge in [0.05, 0.1) is 0 Å². The average molecular weight is 226 g/mol. The van der Waals surface area contributed by atoms with E-state index in [-0.39, 0.29) is 17.3 Å². The number of hydrogen-bond donors (Lipinski definition) is 2. The maximum absolute atomic E-state index is 10.6. The van der Waals surface area contributed by atoms with Crippen LogP contribution in [0.1, 0.15) is 27.2 Å². The average Bonchev–Trinajstić information content (AvgIpc) is 2.52. The van der Waals surface area contributed by atoms with Crippen molar-refractivity contribution in [2.45, 2.75) is 44.4 Å². The molecule has 0 aromatic heterocycles. The molecule has 3 heterocycles. The highest BCUT2D eigenvalue weighted by Gasteiger charge is 2.91. The van der Waals surface area contributed by atoms with Crippen LogP contribution in [0.5, 0.6) is 0 Å². The van der Waals surface area contributed by atoms with Gasteiger partial charge >= 0.3 is 7.32 Å². The predicted octanol–water partition coefficient (Wildman–Crippen LogP) is -0.140. The van der Waals surface area contributed by atoms with Crippen molar-refractivity contribution in [2.75, 3.05) is 0 Å². The highest BCUT2D eigenvalue weighted by Crippen LogP contribution is 2.75. The van der Waals surface area contributed by atoms with Gasteiger partial charge in [-0.05, 0) is 24.7 Å². The van der Waals surface area contributed by atoms with Gasteiger partial charge in [0.25, 0.3) is 0 Å². The molecule has 4 unspecified atom stereocenters. The van der Waals surface area contributed by atoms with Crippen LogP contribution in [-0.2, 0) is 14.0 Å². The van der Waals surface area contributed by atoms with Gasteiger partial charge in [-0.3, -0.25) is 0 Å². The first-order valence-corrected chi connectivity index (χ1v) is 5.74. The van der Waals surface area contributed by atoms with Crippen LogP contribution in [0, 0.1) is 17.3 Å². The van der Waals surface area contributed by atoms with Gasteiger partial charge in [0.15, 0.2) is 0 Å². The zero-order valence-electron chi connectivity index (χ0n) is 9.56. The van der Waals surface area contributed by atoms with Crippen molar-refractivity contribution < 1.29 is 24.2 Å². The van der Waals surface area contributed by atoms with Crippen molar-refractivity contribution in [3.8, 4) is 0 Å². The SMILES string of the molecule is CC1(C)C2CC1C13OB(O1)OC3(O)C2(C)O. The molecule has 3 aliphatic carbocycles. The van der Waals surface area contributed by atoms with Gasteiger partial charge < -0.3 is 24.2 Å². The Balaban J connectivity index is 1.92. The first-order valence-electron chi connectivity index (χ1n) is 5.74. The molecule has 2 N–H and O–H groups in total. The Bertz CT molecular complexity index is 389. The van der Waals surface area contributed by atoms with Gasteiger partial charge in [-0.2, -0.15) is 0 Å². The molecule has 0 amide bonds. The lowest BCUT2D eigenvalue weighted by atomic mass is 9.40. The molecule has 5 nitrogen and oxygen atoms in total. The second-order valence-corrected chi connectivity index (χ2v) is 6.26. The van der Waals surface area contributed by atoms with E-state index in [1.807, 2.05) is 0 Å². The van der Waals surface area contributed by atoms with Gasteiger partial charge in [0.1, 0.15) is 5.60 Å². The Morgan fingerprint density at radius 3 is 2.25 bits per heavy atom. The summed E-state index contributed by atoms with van der Waals surface area (Å²) in [6, 6.07) is 0. The fraction of sp³-hybridized carbons (Fsp3) is 1.00. The molecule has 6 fully saturated rings. The molecule has 1 spiro atoms. The maximum atomic E-state index is 10.6. The van der Waals surface area contributed by atoms with Crippen LogP contribution in [0.4, 0.5) is 0 Å². The lowest BCUT2D eigenvalue weighted by molar-refractivity contribution is -0.451. The molecule has 3 saturated carbocycles. The molecule has 0 aromatic rings. The van der Waals surface area contributed by atoms with Gasteiger partial charge in [0.2, 0.25) is 11.6 Å². The molecule has 4 bridgehead atoms. The van der Waals surface area contributed by atoms with Crippen molar-refractivity contribution in [3.05, 3.63) is 0 Å². The van der Waals surface area contributed by atoms with E-state index in [1.165, 1.54) is 0 Å². The molecule has 16 heavy (non-hydrogen) atoms. The molecule has 3 aliphatic heterocycles. The number of aliphatic hydroxyl groups is 2. The summed E-state index contributed by atoms with van der Waals surface area (Å²) >= 11 is 0. The van der Waals surface area contributed by atoms with Crippen LogP contribution >= 0.6 is 0 Å². The third-order valence-corrected chi connectivity index (χ3v) is 5.37. The third-order valence-electron chi connectivity index (χ3n) is 5.37. The Kier molecular flexibility index (Phi) is 1.29. The van der Waals surface area contributed by atoms with E-state index in [0.717, 1.165) is 6.42 Å². The van der Waals surface area contributed by atoms with Crippen LogP contribution in [0.15, 0.2) is 0 Å². The highest BCUT2D eigenvalue weighted by molar-refractivity contribution is 6.40. The van der Waals surface area contributed by atoms with Crippen LogP contribution in [-0.4, -0.2) is 34.7 Å². The van der Waals surface area contributed by atoms with E-state index >= 15 is 0 Å². The number of hydrogen-bond acceptors (Lipinski definition) is 5. The Labute approximate surface area is 93.9 Å². The third kappa shape index (κ3) is 0.619. The first-order chi connectivity index (χ1) is 7.26. The lowest BCUT2D eigenvalue weighted by Gasteiger charge is -2.71. The molecule has 0 radical (unpaired) electrons. The molecular formula is C10H15BO5. The second-order valence-electron chi connectivity index (χ2n) is 6.26. The molecule has 6 rings (SSSR count). The van der Waals surface area contributed by atoms with Crippen LogP contribution in [0.25, 0.3) is 0 Å². The number of rotatable bonds is 0. The monoisotopic (exact) mass is 226 g/mol. The minimum atomic E-state index is -1.71. The van der Waals surface area contributed by atoms with Crippen molar-refractivity contribution in [2.24, 2.45) is 17.3 Å². The molecule has 6 heteroatoms. The first kappa shape index (κ1) is 9.85. The summed E-state index contributed by atoms with van der Waals surface area (Å²) < 4.78 is 16.3. The van der Waals surface area contributed by atoms with E-state index in [4.69, 9.17) is 14.0 Å². The molecule has 3 saturated heterocycles. The van der Waals surface area contributed by atoms with E-state index in [0.29, 0.717) is 0 Å². The largest absolute Gasteiger partial charge is 0.646 e. The van der Waals surface area contributed by atoms with Crippen molar-refractivity contribution in [1.82, 2.24) is 0 Å². The minimum Gasteiger partial charge on any atom is -0.384 e. The van der Waals surface area contributed by atoms with Crippen LogP contribution < -0.4 is 0 Å². The zero-order chi connectivity index (χ0) is 11.6. The summed E-state index contributed by atoms with van der Waals surface area (Å²) in [5, 5.41) is 21.2. The van der Waals surface area contributed by atoms with E-state index < -0.39 is 24.5 Å². The van der Waals surface area contributed by atoms with Gasteiger partial charge in [0, 0.05) is 5.92 Å². The summed E-state index contributed by atoms with van der Waals surface area (Å²) in [6.07, 6.45) is 0.804. The predicted molar refractivity (Wildman–Crippen MR) is 52.7 cm³/mol. The van der Waals surface area contributed by atoms with Crippen LogP contribution in [0.2, 0.25) is 0 Å². The molecule has 88 valence electrons. The molecule has 0 aromatic carbocycles. The van der Waals surface area contributed by atoms with Crippen molar-refractivity contribution >= 4 is 7.32 Å². The Morgan fingerprint density at radius 2 is 1.69 bits per heavy atom. The fourth-order valence-corrected chi connectivity index (χ4v) is 4.36. The smallest absolute Gasteiger partial charge is 0.384 e. The summed E-state index contributed by atoms with van der Waals surface area (Å²) in [4.78, 5) is 0. The van der Waals surface area contributed by atoms with Crippen molar-refractivity contribution in [1.29, 1.82) is 0 Å². The molecular weight excluding hydrogens is 211 g/mol. The van der Waals surface area contributed by atoms with E-state index in [9.17, 15) is 10.2 Å². The van der Waals surface area contributed by atoms with E-state index in [2.05, 4.69) is 13.8 Å². The quantitative estimate of drug-likeness (QED) is 0.562. The summed E-state index contributed by atoms with van der Waals surface area (Å²) in [5.74, 6) is -2.78. The standard InChI is InChI=1S/C10H15BO5/c1-7(2)5-4-6(7)9-10(13,8(5,3)12)16-11(14-9)15-9/h5-6,12-13H,4H2,1-3H3. The molecule has 6 aliphatic rings. The summed E-state index contributed by atoms with van der Waals surface area (Å²) in [5.41, 5.74) is -1.44. The topological polar surface area (TPSA) is 68.2 Å². The highest BCUT2D eigenvalue weighted by atomic mass is 17.0. The maximum Gasteiger partial charge on any atom is 0.646 e. The van der Waals surface area contributed by atoms with Crippen LogP contribution in [0.3, 0.4) is 0 Å². The van der Waals surface area contributed by atoms with E-state index in [1.54, 1.807) is 6.92 Å². The van der Waals surface area contributed by atoms with Gasteiger partial charge in [-0.1, -0.05) is 13.8 Å². The minimum absolute atomic E-state index is 0.00664. The second kappa shape index (κ2) is 2.10. The fourth-order valence-electron chi connectivity index (χ4n) is 4.36. The zero-order valence-corrected chi connectivity index (χ0v) is 9.56. The van der Waals surface area contributed by atoms with Crippen molar-refractivity contribution in [3.63, 3.8) is 0 Å². The Hall–Kier alpha value is -0.135. The lowest BCUT2D eigenvalue weighted by Crippen LogP contribution is -2.84. The Morgan fingerprint density at radius 1 is 1.06 bits per heavy atom. The normalized spacial score (nSPS) is 58.7.